The molecule has 0 spiro atoms. The van der Waals surface area contributed by atoms with Crippen LogP contribution in [0, 0.1) is 0 Å². The van der Waals surface area contributed by atoms with Crippen molar-refractivity contribution in [2.45, 2.75) is 44.7 Å². The molecule has 0 aromatic carbocycles. The maximum atomic E-state index is 11.7. The first-order valence-corrected chi connectivity index (χ1v) is 6.40. The van der Waals surface area contributed by atoms with Gasteiger partial charge in [-0.25, -0.2) is 0 Å². The zero-order chi connectivity index (χ0) is 12.4. The van der Waals surface area contributed by atoms with Crippen LogP contribution in [0.15, 0.2) is 0 Å². The summed E-state index contributed by atoms with van der Waals surface area (Å²) in [5.41, 5.74) is 5.41. The summed E-state index contributed by atoms with van der Waals surface area (Å²) in [6.45, 7) is 3.16. The van der Waals surface area contributed by atoms with Crippen molar-refractivity contribution in [3.8, 4) is 0 Å². The molecule has 17 heavy (non-hydrogen) atoms. The molecule has 2 rings (SSSR count). The topological polar surface area (TPSA) is 66.6 Å². The number of hydrogen-bond donors (Lipinski definition) is 1. The molecule has 2 N–H and O–H groups in total. The van der Waals surface area contributed by atoms with Gasteiger partial charge in [0.25, 0.3) is 0 Å². The monoisotopic (exact) mass is 239 g/mol. The molecule has 1 saturated heterocycles. The molecule has 0 aromatic rings. The maximum Gasteiger partial charge on any atom is 0.236 e. The molecule has 2 amide bonds. The van der Waals surface area contributed by atoms with Crippen LogP contribution >= 0.6 is 0 Å². The van der Waals surface area contributed by atoms with E-state index in [9.17, 15) is 9.59 Å². The zero-order valence-electron chi connectivity index (χ0n) is 10.4. The second-order valence-electron chi connectivity index (χ2n) is 4.99. The van der Waals surface area contributed by atoms with E-state index >= 15 is 0 Å². The van der Waals surface area contributed by atoms with Crippen molar-refractivity contribution < 1.29 is 9.59 Å². The van der Waals surface area contributed by atoms with E-state index in [0.29, 0.717) is 12.6 Å². The maximum absolute atomic E-state index is 11.7. The molecule has 5 heteroatoms. The molecule has 0 unspecified atom stereocenters. The minimum absolute atomic E-state index is 0.00630. The van der Waals surface area contributed by atoms with Crippen LogP contribution in [-0.4, -0.2) is 53.3 Å². The van der Waals surface area contributed by atoms with E-state index in [0.717, 1.165) is 32.2 Å². The van der Waals surface area contributed by atoms with E-state index < -0.39 is 0 Å². The molecule has 0 bridgehead atoms. The average molecular weight is 239 g/mol. The number of rotatable bonds is 4. The second-order valence-corrected chi connectivity index (χ2v) is 4.99. The summed E-state index contributed by atoms with van der Waals surface area (Å²) >= 11 is 0. The predicted molar refractivity (Wildman–Crippen MR) is 64.2 cm³/mol. The van der Waals surface area contributed by atoms with Crippen molar-refractivity contribution in [1.29, 1.82) is 0 Å². The van der Waals surface area contributed by atoms with Gasteiger partial charge in [0.1, 0.15) is 0 Å². The lowest BCUT2D eigenvalue weighted by Gasteiger charge is -2.30. The lowest BCUT2D eigenvalue weighted by Crippen LogP contribution is -2.47. The molecule has 0 radical (unpaired) electrons. The molecule has 1 saturated carbocycles. The fourth-order valence-electron chi connectivity index (χ4n) is 2.62. The van der Waals surface area contributed by atoms with Crippen LogP contribution in [-0.2, 0) is 9.59 Å². The second kappa shape index (κ2) is 5.04. The van der Waals surface area contributed by atoms with E-state index in [1.54, 1.807) is 6.92 Å². The third kappa shape index (κ3) is 2.77. The van der Waals surface area contributed by atoms with Crippen molar-refractivity contribution in [2.75, 3.05) is 19.6 Å². The van der Waals surface area contributed by atoms with Crippen LogP contribution in [0.4, 0.5) is 0 Å². The highest BCUT2D eigenvalue weighted by atomic mass is 16.2. The van der Waals surface area contributed by atoms with Crippen molar-refractivity contribution >= 4 is 11.8 Å². The third-order valence-electron chi connectivity index (χ3n) is 3.67. The van der Waals surface area contributed by atoms with Gasteiger partial charge >= 0.3 is 0 Å². The van der Waals surface area contributed by atoms with E-state index in [2.05, 4.69) is 0 Å². The first kappa shape index (κ1) is 12.4. The molecule has 96 valence electrons. The smallest absolute Gasteiger partial charge is 0.236 e. The van der Waals surface area contributed by atoms with Crippen LogP contribution in [0.25, 0.3) is 0 Å². The number of amides is 2. The van der Waals surface area contributed by atoms with Gasteiger partial charge in [0, 0.05) is 32.1 Å². The SMILES string of the molecule is CC(=O)N(C[C@H]1CCCN1C(=O)CN)C1CC1. The van der Waals surface area contributed by atoms with Crippen LogP contribution < -0.4 is 5.73 Å². The molecule has 1 heterocycles. The standard InChI is InChI=1S/C12H21N3O2/c1-9(16)15(10-4-5-10)8-11-3-2-6-14(11)12(17)7-13/h10-11H,2-8,13H2,1H3/t11-/m1/s1. The highest BCUT2D eigenvalue weighted by molar-refractivity contribution is 5.79. The van der Waals surface area contributed by atoms with Crippen LogP contribution in [0.5, 0.6) is 0 Å². The van der Waals surface area contributed by atoms with E-state index in [4.69, 9.17) is 5.73 Å². The number of nitrogens with two attached hydrogens (primary N) is 1. The van der Waals surface area contributed by atoms with Crippen LogP contribution in [0.3, 0.4) is 0 Å². The van der Waals surface area contributed by atoms with Crippen molar-refractivity contribution in [3.63, 3.8) is 0 Å². The zero-order valence-corrected chi connectivity index (χ0v) is 10.4. The highest BCUT2D eigenvalue weighted by Gasteiger charge is 2.36. The minimum atomic E-state index is 0.00630. The Labute approximate surface area is 102 Å². The van der Waals surface area contributed by atoms with E-state index in [-0.39, 0.29) is 24.4 Å². The van der Waals surface area contributed by atoms with Gasteiger partial charge < -0.3 is 15.5 Å². The summed E-state index contributed by atoms with van der Waals surface area (Å²) in [7, 11) is 0. The van der Waals surface area contributed by atoms with Crippen molar-refractivity contribution in [1.82, 2.24) is 9.80 Å². The fraction of sp³-hybridized carbons (Fsp3) is 0.833. The lowest BCUT2D eigenvalue weighted by molar-refractivity contribution is -0.134. The predicted octanol–water partition coefficient (Wildman–Crippen LogP) is -0.0530. The molecule has 1 atom stereocenters. The summed E-state index contributed by atoms with van der Waals surface area (Å²) in [6.07, 6.45) is 4.23. The molecular formula is C12H21N3O2. The van der Waals surface area contributed by atoms with Crippen molar-refractivity contribution in [2.24, 2.45) is 5.73 Å². The first-order valence-electron chi connectivity index (χ1n) is 6.40. The number of carbonyl (C=O) groups is 2. The Morgan fingerprint density at radius 1 is 1.35 bits per heavy atom. The van der Waals surface area contributed by atoms with Crippen LogP contribution in [0.2, 0.25) is 0 Å². The Morgan fingerprint density at radius 3 is 2.59 bits per heavy atom. The number of carbonyl (C=O) groups excluding carboxylic acids is 2. The number of likely N-dealkylation sites (tertiary alicyclic amines) is 1. The Bertz CT molecular complexity index is 315. The van der Waals surface area contributed by atoms with Crippen LogP contribution in [0.1, 0.15) is 32.6 Å². The van der Waals surface area contributed by atoms with Gasteiger partial charge in [-0.3, -0.25) is 9.59 Å². The van der Waals surface area contributed by atoms with Gasteiger partial charge in [-0.1, -0.05) is 0 Å². The Hall–Kier alpha value is -1.10. The third-order valence-corrected chi connectivity index (χ3v) is 3.67. The van der Waals surface area contributed by atoms with Gasteiger partial charge in [-0.2, -0.15) is 0 Å². The summed E-state index contributed by atoms with van der Waals surface area (Å²) in [4.78, 5) is 27.0. The Kier molecular flexibility index (Phi) is 3.66. The lowest BCUT2D eigenvalue weighted by atomic mass is 10.2. The first-order chi connectivity index (χ1) is 8.13. The van der Waals surface area contributed by atoms with Gasteiger partial charge in [0.05, 0.1) is 6.54 Å². The summed E-state index contributed by atoms with van der Waals surface area (Å²) in [6, 6.07) is 0.596. The molecule has 2 aliphatic rings. The van der Waals surface area contributed by atoms with Crippen molar-refractivity contribution in [3.05, 3.63) is 0 Å². The largest absolute Gasteiger partial charge is 0.338 e. The minimum Gasteiger partial charge on any atom is -0.338 e. The summed E-state index contributed by atoms with van der Waals surface area (Å²) in [5, 5.41) is 0. The van der Waals surface area contributed by atoms with Gasteiger partial charge in [-0.05, 0) is 25.7 Å². The Morgan fingerprint density at radius 2 is 2.06 bits per heavy atom. The number of nitrogens with zero attached hydrogens (tertiary/aromatic N) is 2. The average Bonchev–Trinajstić information content (AvgIpc) is 3.03. The molecule has 1 aliphatic heterocycles. The highest BCUT2D eigenvalue weighted by Crippen LogP contribution is 2.29. The quantitative estimate of drug-likeness (QED) is 0.748. The van der Waals surface area contributed by atoms with E-state index in [1.807, 2.05) is 9.80 Å². The normalized spacial score (nSPS) is 23.9. The molecule has 1 aliphatic carbocycles. The Balaban J connectivity index is 1.96. The van der Waals surface area contributed by atoms with Gasteiger partial charge in [0.15, 0.2) is 0 Å². The fourth-order valence-corrected chi connectivity index (χ4v) is 2.62. The van der Waals surface area contributed by atoms with Gasteiger partial charge in [0.2, 0.25) is 11.8 Å². The number of hydrogen-bond acceptors (Lipinski definition) is 3. The van der Waals surface area contributed by atoms with E-state index in [1.165, 1.54) is 0 Å². The van der Waals surface area contributed by atoms with Gasteiger partial charge in [-0.15, -0.1) is 0 Å². The molecule has 2 fully saturated rings. The summed E-state index contributed by atoms with van der Waals surface area (Å²) in [5.74, 6) is 0.131. The molecule has 0 aromatic heterocycles. The molecule has 5 nitrogen and oxygen atoms in total. The summed E-state index contributed by atoms with van der Waals surface area (Å²) < 4.78 is 0. The molecular weight excluding hydrogens is 218 g/mol.